The summed E-state index contributed by atoms with van der Waals surface area (Å²) in [5, 5.41) is 27.2. The molecule has 0 aliphatic heterocycles. The zero-order chi connectivity index (χ0) is 10.4. The van der Waals surface area contributed by atoms with E-state index in [9.17, 15) is 10.2 Å². The first-order valence-corrected chi connectivity index (χ1v) is 4.86. The summed E-state index contributed by atoms with van der Waals surface area (Å²) in [5.74, 6) is -0.0823. The Balaban J connectivity index is 2.46. The maximum Gasteiger partial charge on any atom is 0.160 e. The lowest BCUT2D eigenvalue weighted by molar-refractivity contribution is 0.283. The topological polar surface area (TPSA) is 60.7 Å². The summed E-state index contributed by atoms with van der Waals surface area (Å²) >= 11 is 0. The van der Waals surface area contributed by atoms with Gasteiger partial charge in [0.05, 0.1) is 0 Å². The molecule has 0 fully saturated rings. The van der Waals surface area contributed by atoms with Gasteiger partial charge in [0.1, 0.15) is 0 Å². The standard InChI is InChI=1S/C11H16O3/c12-8-3-1-2-5-9-6-4-7-10(13)11(9)14/h4,6-7,12-14H,1-3,5,8H2. The summed E-state index contributed by atoms with van der Waals surface area (Å²) in [6.07, 6.45) is 3.38. The Morgan fingerprint density at radius 1 is 1.00 bits per heavy atom. The van der Waals surface area contributed by atoms with E-state index in [1.165, 1.54) is 6.07 Å². The summed E-state index contributed by atoms with van der Waals surface area (Å²) in [4.78, 5) is 0. The fourth-order valence-corrected chi connectivity index (χ4v) is 1.38. The van der Waals surface area contributed by atoms with E-state index in [-0.39, 0.29) is 18.1 Å². The van der Waals surface area contributed by atoms with Crippen LogP contribution in [0.2, 0.25) is 0 Å². The third kappa shape index (κ3) is 2.92. The zero-order valence-corrected chi connectivity index (χ0v) is 8.11. The van der Waals surface area contributed by atoms with Crippen molar-refractivity contribution in [3.63, 3.8) is 0 Å². The SMILES string of the molecule is OCCCCCc1cccc(O)c1O. The van der Waals surface area contributed by atoms with E-state index in [0.717, 1.165) is 31.2 Å². The monoisotopic (exact) mass is 196 g/mol. The average Bonchev–Trinajstić information content (AvgIpc) is 2.19. The van der Waals surface area contributed by atoms with Crippen molar-refractivity contribution in [3.8, 4) is 11.5 Å². The zero-order valence-electron chi connectivity index (χ0n) is 8.11. The van der Waals surface area contributed by atoms with E-state index in [1.54, 1.807) is 12.1 Å². The number of phenols is 2. The van der Waals surface area contributed by atoms with Gasteiger partial charge < -0.3 is 15.3 Å². The van der Waals surface area contributed by atoms with Crippen molar-refractivity contribution in [3.05, 3.63) is 23.8 Å². The van der Waals surface area contributed by atoms with Gasteiger partial charge in [0, 0.05) is 6.61 Å². The van der Waals surface area contributed by atoms with Crippen LogP contribution in [0.25, 0.3) is 0 Å². The lowest BCUT2D eigenvalue weighted by Crippen LogP contribution is -1.88. The predicted octanol–water partition coefficient (Wildman–Crippen LogP) is 1.80. The van der Waals surface area contributed by atoms with E-state index in [2.05, 4.69) is 0 Å². The minimum absolute atomic E-state index is 0.0171. The molecular formula is C11H16O3. The van der Waals surface area contributed by atoms with Crippen molar-refractivity contribution in [1.29, 1.82) is 0 Å². The highest BCUT2D eigenvalue weighted by Crippen LogP contribution is 2.29. The number of aromatic hydroxyl groups is 2. The van der Waals surface area contributed by atoms with Crippen LogP contribution in [0.4, 0.5) is 0 Å². The second-order valence-electron chi connectivity index (χ2n) is 3.32. The molecule has 3 N–H and O–H groups in total. The van der Waals surface area contributed by atoms with E-state index in [0.29, 0.717) is 0 Å². The fourth-order valence-electron chi connectivity index (χ4n) is 1.38. The number of rotatable bonds is 5. The quantitative estimate of drug-likeness (QED) is 0.497. The van der Waals surface area contributed by atoms with E-state index >= 15 is 0 Å². The van der Waals surface area contributed by atoms with Gasteiger partial charge in [-0.15, -0.1) is 0 Å². The van der Waals surface area contributed by atoms with E-state index in [1.807, 2.05) is 0 Å². The Kier molecular flexibility index (Phi) is 4.26. The van der Waals surface area contributed by atoms with Crippen LogP contribution in [0.15, 0.2) is 18.2 Å². The number of aliphatic hydroxyl groups excluding tert-OH is 1. The summed E-state index contributed by atoms with van der Waals surface area (Å²) in [6.45, 7) is 0.214. The first-order chi connectivity index (χ1) is 6.75. The van der Waals surface area contributed by atoms with Gasteiger partial charge in [-0.25, -0.2) is 0 Å². The molecule has 0 saturated carbocycles. The van der Waals surface area contributed by atoms with Crippen LogP contribution in [0.5, 0.6) is 11.5 Å². The second-order valence-corrected chi connectivity index (χ2v) is 3.32. The van der Waals surface area contributed by atoms with Gasteiger partial charge in [0.25, 0.3) is 0 Å². The summed E-state index contributed by atoms with van der Waals surface area (Å²) in [6, 6.07) is 4.98. The third-order valence-corrected chi connectivity index (χ3v) is 2.20. The first-order valence-electron chi connectivity index (χ1n) is 4.86. The Labute approximate surface area is 83.6 Å². The molecule has 14 heavy (non-hydrogen) atoms. The van der Waals surface area contributed by atoms with Crippen molar-refractivity contribution < 1.29 is 15.3 Å². The predicted molar refractivity (Wildman–Crippen MR) is 54.4 cm³/mol. The van der Waals surface area contributed by atoms with Gasteiger partial charge in [0.2, 0.25) is 0 Å². The summed E-state index contributed by atoms with van der Waals surface area (Å²) < 4.78 is 0. The highest BCUT2D eigenvalue weighted by Gasteiger charge is 2.04. The molecule has 0 heterocycles. The van der Waals surface area contributed by atoms with Crippen LogP contribution in [0.3, 0.4) is 0 Å². The number of benzene rings is 1. The third-order valence-electron chi connectivity index (χ3n) is 2.20. The lowest BCUT2D eigenvalue weighted by Gasteiger charge is -2.05. The molecular weight excluding hydrogens is 180 g/mol. The molecule has 3 heteroatoms. The molecule has 0 radical (unpaired) electrons. The number of hydrogen-bond donors (Lipinski definition) is 3. The van der Waals surface area contributed by atoms with E-state index in [4.69, 9.17) is 5.11 Å². The first kappa shape index (κ1) is 10.9. The van der Waals surface area contributed by atoms with Crippen LogP contribution in [-0.4, -0.2) is 21.9 Å². The molecule has 1 aromatic carbocycles. The number of aliphatic hydroxyl groups is 1. The Morgan fingerprint density at radius 2 is 1.79 bits per heavy atom. The number of unbranched alkanes of at least 4 members (excludes halogenated alkanes) is 2. The molecule has 1 aromatic rings. The molecule has 0 atom stereocenters. The Morgan fingerprint density at radius 3 is 2.50 bits per heavy atom. The van der Waals surface area contributed by atoms with Crippen LogP contribution in [0.1, 0.15) is 24.8 Å². The summed E-state index contributed by atoms with van der Waals surface area (Å²) in [7, 11) is 0. The smallest absolute Gasteiger partial charge is 0.160 e. The van der Waals surface area contributed by atoms with Gasteiger partial charge in [-0.1, -0.05) is 18.6 Å². The molecule has 0 amide bonds. The number of phenolic OH excluding ortho intramolecular Hbond substituents is 2. The fraction of sp³-hybridized carbons (Fsp3) is 0.455. The van der Waals surface area contributed by atoms with E-state index < -0.39 is 0 Å². The normalized spacial score (nSPS) is 10.4. The highest BCUT2D eigenvalue weighted by molar-refractivity contribution is 5.44. The largest absolute Gasteiger partial charge is 0.504 e. The molecule has 1 rings (SSSR count). The number of para-hydroxylation sites is 1. The van der Waals surface area contributed by atoms with Crippen molar-refractivity contribution in [1.82, 2.24) is 0 Å². The van der Waals surface area contributed by atoms with Gasteiger partial charge in [-0.2, -0.15) is 0 Å². The number of aryl methyl sites for hydroxylation is 1. The minimum Gasteiger partial charge on any atom is -0.504 e. The molecule has 0 unspecified atom stereocenters. The van der Waals surface area contributed by atoms with Gasteiger partial charge in [-0.3, -0.25) is 0 Å². The summed E-state index contributed by atoms with van der Waals surface area (Å²) in [5.41, 5.74) is 0.767. The highest BCUT2D eigenvalue weighted by atomic mass is 16.3. The Hall–Kier alpha value is -1.22. The molecule has 0 aromatic heterocycles. The van der Waals surface area contributed by atoms with Crippen molar-refractivity contribution in [2.75, 3.05) is 6.61 Å². The van der Waals surface area contributed by atoms with Crippen LogP contribution in [0, 0.1) is 0 Å². The molecule has 0 aliphatic carbocycles. The molecule has 0 saturated heterocycles. The lowest BCUT2D eigenvalue weighted by atomic mass is 10.1. The van der Waals surface area contributed by atoms with Crippen LogP contribution >= 0.6 is 0 Å². The van der Waals surface area contributed by atoms with Crippen LogP contribution < -0.4 is 0 Å². The van der Waals surface area contributed by atoms with Gasteiger partial charge in [0.15, 0.2) is 11.5 Å². The average molecular weight is 196 g/mol. The van der Waals surface area contributed by atoms with Crippen molar-refractivity contribution in [2.45, 2.75) is 25.7 Å². The van der Waals surface area contributed by atoms with Gasteiger partial charge >= 0.3 is 0 Å². The molecule has 3 nitrogen and oxygen atoms in total. The van der Waals surface area contributed by atoms with Gasteiger partial charge in [-0.05, 0) is 30.9 Å². The maximum absolute atomic E-state index is 9.45. The van der Waals surface area contributed by atoms with Crippen molar-refractivity contribution in [2.24, 2.45) is 0 Å². The minimum atomic E-state index is -0.0651. The van der Waals surface area contributed by atoms with Crippen LogP contribution in [-0.2, 0) is 6.42 Å². The molecule has 0 aliphatic rings. The number of hydrogen-bond acceptors (Lipinski definition) is 3. The second kappa shape index (κ2) is 5.50. The molecule has 0 spiro atoms. The molecule has 0 bridgehead atoms. The Bertz CT molecular complexity index is 284. The van der Waals surface area contributed by atoms with Crippen molar-refractivity contribution >= 4 is 0 Å². The molecule has 78 valence electrons. The maximum atomic E-state index is 9.45.